The maximum atomic E-state index is 13.2. The molecular weight excluding hydrogens is 267 g/mol. The van der Waals surface area contributed by atoms with Crippen molar-refractivity contribution in [1.82, 2.24) is 15.3 Å². The lowest BCUT2D eigenvalue weighted by Gasteiger charge is -2.18. The number of nitrogens with one attached hydrogen (secondary N) is 1. The zero-order valence-corrected chi connectivity index (χ0v) is 12.1. The maximum Gasteiger partial charge on any atom is 0.147 e. The molecule has 1 fully saturated rings. The molecule has 0 saturated heterocycles. The summed E-state index contributed by atoms with van der Waals surface area (Å²) >= 11 is 0. The van der Waals surface area contributed by atoms with Crippen molar-refractivity contribution in [2.45, 2.75) is 32.0 Å². The molecule has 1 aromatic carbocycles. The molecule has 0 unspecified atom stereocenters. The van der Waals surface area contributed by atoms with Crippen LogP contribution in [0.2, 0.25) is 0 Å². The van der Waals surface area contributed by atoms with E-state index >= 15 is 0 Å². The predicted octanol–water partition coefficient (Wildman–Crippen LogP) is 2.50. The molecule has 1 N–H and O–H groups in total. The van der Waals surface area contributed by atoms with Gasteiger partial charge in [-0.3, -0.25) is 4.98 Å². The molecule has 0 aliphatic heterocycles. The highest BCUT2D eigenvalue weighted by molar-refractivity contribution is 5.36. The molecule has 0 amide bonds. The maximum absolute atomic E-state index is 13.2. The fourth-order valence-corrected chi connectivity index (χ4v) is 2.16. The Morgan fingerprint density at radius 1 is 1.29 bits per heavy atom. The fraction of sp³-hybridized carbons (Fsp3) is 0.375. The van der Waals surface area contributed by atoms with Gasteiger partial charge in [-0.25, -0.2) is 9.37 Å². The zero-order valence-electron chi connectivity index (χ0n) is 12.1. The number of hydrogen-bond acceptors (Lipinski definition) is 4. The number of benzene rings is 1. The number of nitrogens with zero attached hydrogens (tertiary/aromatic N) is 3. The van der Waals surface area contributed by atoms with Crippen molar-refractivity contribution in [3.8, 4) is 0 Å². The summed E-state index contributed by atoms with van der Waals surface area (Å²) in [6, 6.07) is 7.28. The SMILES string of the molecule is CN(Cc1cccc(F)c1)c1cnc(CNC2CC2)cn1. The van der Waals surface area contributed by atoms with Gasteiger partial charge < -0.3 is 10.2 Å². The lowest BCUT2D eigenvalue weighted by atomic mass is 10.2. The lowest BCUT2D eigenvalue weighted by molar-refractivity contribution is 0.625. The molecule has 1 aromatic heterocycles. The van der Waals surface area contributed by atoms with Crippen molar-refractivity contribution in [2.24, 2.45) is 0 Å². The summed E-state index contributed by atoms with van der Waals surface area (Å²) < 4.78 is 13.2. The number of halogens is 1. The minimum absolute atomic E-state index is 0.214. The van der Waals surface area contributed by atoms with Gasteiger partial charge in [0.05, 0.1) is 18.1 Å². The minimum Gasteiger partial charge on any atom is -0.354 e. The standard InChI is InChI=1S/C16H19FN4/c1-21(11-12-3-2-4-13(17)7-12)16-10-19-15(9-20-16)8-18-14-5-6-14/h2-4,7,9-10,14,18H,5-6,8,11H2,1H3. The van der Waals surface area contributed by atoms with E-state index in [2.05, 4.69) is 15.3 Å². The first kappa shape index (κ1) is 13.9. The van der Waals surface area contributed by atoms with Gasteiger partial charge >= 0.3 is 0 Å². The van der Waals surface area contributed by atoms with Gasteiger partial charge in [0.1, 0.15) is 11.6 Å². The number of aromatic nitrogens is 2. The third kappa shape index (κ3) is 3.98. The molecule has 3 rings (SSSR count). The average Bonchev–Trinajstić information content (AvgIpc) is 3.30. The molecule has 0 spiro atoms. The minimum atomic E-state index is -0.214. The van der Waals surface area contributed by atoms with Crippen LogP contribution in [0, 0.1) is 5.82 Å². The second-order valence-electron chi connectivity index (χ2n) is 5.51. The van der Waals surface area contributed by atoms with E-state index in [0.29, 0.717) is 12.6 Å². The van der Waals surface area contributed by atoms with E-state index in [1.54, 1.807) is 18.5 Å². The molecule has 110 valence electrons. The van der Waals surface area contributed by atoms with Crippen molar-refractivity contribution in [3.05, 3.63) is 53.7 Å². The molecule has 4 nitrogen and oxygen atoms in total. The predicted molar refractivity (Wildman–Crippen MR) is 80.4 cm³/mol. The molecule has 5 heteroatoms. The van der Waals surface area contributed by atoms with Crippen LogP contribution in [0.25, 0.3) is 0 Å². The van der Waals surface area contributed by atoms with Crippen molar-refractivity contribution >= 4 is 5.82 Å². The van der Waals surface area contributed by atoms with Crippen LogP contribution >= 0.6 is 0 Å². The summed E-state index contributed by atoms with van der Waals surface area (Å²) in [6.45, 7) is 1.37. The van der Waals surface area contributed by atoms with Crippen LogP contribution in [0.15, 0.2) is 36.7 Å². The summed E-state index contributed by atoms with van der Waals surface area (Å²) in [6.07, 6.45) is 6.10. The van der Waals surface area contributed by atoms with Gasteiger partial charge in [-0.15, -0.1) is 0 Å². The summed E-state index contributed by atoms with van der Waals surface area (Å²) in [5.41, 5.74) is 1.86. The molecule has 1 aliphatic carbocycles. The Hall–Kier alpha value is -2.01. The van der Waals surface area contributed by atoms with Crippen LogP contribution in [-0.4, -0.2) is 23.1 Å². The van der Waals surface area contributed by atoms with Crippen molar-refractivity contribution in [1.29, 1.82) is 0 Å². The summed E-state index contributed by atoms with van der Waals surface area (Å²) in [7, 11) is 1.93. The normalized spacial score (nSPS) is 14.2. The highest BCUT2D eigenvalue weighted by Gasteiger charge is 2.20. The molecular formula is C16H19FN4. The van der Waals surface area contributed by atoms with Crippen LogP contribution in [-0.2, 0) is 13.1 Å². The van der Waals surface area contributed by atoms with Crippen LogP contribution in [0.4, 0.5) is 10.2 Å². The first-order valence-corrected chi connectivity index (χ1v) is 7.20. The number of hydrogen-bond donors (Lipinski definition) is 1. The van der Waals surface area contributed by atoms with Gasteiger partial charge in [0.2, 0.25) is 0 Å². The summed E-state index contributed by atoms with van der Waals surface area (Å²) in [5.74, 6) is 0.572. The molecule has 1 saturated carbocycles. The molecule has 0 radical (unpaired) electrons. The Kier molecular flexibility index (Phi) is 4.10. The number of anilines is 1. The fourth-order valence-electron chi connectivity index (χ4n) is 2.16. The highest BCUT2D eigenvalue weighted by Crippen LogP contribution is 2.19. The Morgan fingerprint density at radius 3 is 2.81 bits per heavy atom. The van der Waals surface area contributed by atoms with Gasteiger partial charge in [-0.05, 0) is 30.5 Å². The van der Waals surface area contributed by atoms with Crippen LogP contribution in [0.1, 0.15) is 24.1 Å². The third-order valence-corrected chi connectivity index (χ3v) is 3.54. The van der Waals surface area contributed by atoms with E-state index in [1.165, 1.54) is 25.0 Å². The van der Waals surface area contributed by atoms with Gasteiger partial charge in [-0.2, -0.15) is 0 Å². The monoisotopic (exact) mass is 286 g/mol. The summed E-state index contributed by atoms with van der Waals surface area (Å²) in [4.78, 5) is 10.8. The third-order valence-electron chi connectivity index (χ3n) is 3.54. The molecule has 1 aliphatic rings. The Labute approximate surface area is 124 Å². The molecule has 2 aromatic rings. The first-order chi connectivity index (χ1) is 10.2. The van der Waals surface area contributed by atoms with Gasteiger partial charge in [0, 0.05) is 26.2 Å². The molecule has 0 bridgehead atoms. The Bertz CT molecular complexity index is 595. The second kappa shape index (κ2) is 6.18. The van der Waals surface area contributed by atoms with E-state index in [-0.39, 0.29) is 5.82 Å². The van der Waals surface area contributed by atoms with Crippen LogP contribution < -0.4 is 10.2 Å². The van der Waals surface area contributed by atoms with E-state index in [4.69, 9.17) is 0 Å². The van der Waals surface area contributed by atoms with Gasteiger partial charge in [-0.1, -0.05) is 12.1 Å². The van der Waals surface area contributed by atoms with Crippen molar-refractivity contribution in [2.75, 3.05) is 11.9 Å². The first-order valence-electron chi connectivity index (χ1n) is 7.20. The average molecular weight is 286 g/mol. The molecule has 1 heterocycles. The Morgan fingerprint density at radius 2 is 2.14 bits per heavy atom. The Balaban J connectivity index is 1.59. The quantitative estimate of drug-likeness (QED) is 0.886. The second-order valence-corrected chi connectivity index (χ2v) is 5.51. The van der Waals surface area contributed by atoms with E-state index in [0.717, 1.165) is 23.6 Å². The molecule has 21 heavy (non-hydrogen) atoms. The summed E-state index contributed by atoms with van der Waals surface area (Å²) in [5, 5.41) is 3.41. The topological polar surface area (TPSA) is 41.1 Å². The van der Waals surface area contributed by atoms with Crippen LogP contribution in [0.5, 0.6) is 0 Å². The lowest BCUT2D eigenvalue weighted by Crippen LogP contribution is -2.19. The van der Waals surface area contributed by atoms with E-state index in [1.807, 2.05) is 18.0 Å². The van der Waals surface area contributed by atoms with E-state index < -0.39 is 0 Å². The van der Waals surface area contributed by atoms with Crippen molar-refractivity contribution in [3.63, 3.8) is 0 Å². The molecule has 0 atom stereocenters. The van der Waals surface area contributed by atoms with Gasteiger partial charge in [0.25, 0.3) is 0 Å². The number of rotatable bonds is 6. The van der Waals surface area contributed by atoms with Crippen molar-refractivity contribution < 1.29 is 4.39 Å². The smallest absolute Gasteiger partial charge is 0.147 e. The van der Waals surface area contributed by atoms with Gasteiger partial charge in [0.15, 0.2) is 0 Å². The van der Waals surface area contributed by atoms with E-state index in [9.17, 15) is 4.39 Å². The highest BCUT2D eigenvalue weighted by atomic mass is 19.1. The zero-order chi connectivity index (χ0) is 14.7. The van der Waals surface area contributed by atoms with Crippen LogP contribution in [0.3, 0.4) is 0 Å². The largest absolute Gasteiger partial charge is 0.354 e.